The molecule has 1 aliphatic rings. The van der Waals surface area contributed by atoms with Gasteiger partial charge in [0.05, 0.1) is 0 Å². The first kappa shape index (κ1) is 39.4. The lowest BCUT2D eigenvalue weighted by molar-refractivity contribution is -0.141. The lowest BCUT2D eigenvalue weighted by Gasteiger charge is -2.31. The predicted molar refractivity (Wildman–Crippen MR) is 197 cm³/mol. The van der Waals surface area contributed by atoms with Gasteiger partial charge in [0, 0.05) is 25.8 Å². The molecule has 5 amide bonds. The number of phenols is 1. The third kappa shape index (κ3) is 11.1. The summed E-state index contributed by atoms with van der Waals surface area (Å²) in [7, 11) is 0. The normalized spacial score (nSPS) is 16.0. The number of aromatic hydroxyl groups is 1. The maximum absolute atomic E-state index is 14.2. The van der Waals surface area contributed by atoms with Crippen LogP contribution in [0.2, 0.25) is 0 Å². The van der Waals surface area contributed by atoms with Crippen LogP contribution in [0.15, 0.2) is 66.7 Å². The third-order valence-electron chi connectivity index (χ3n) is 9.03. The number of hydrogen-bond acceptors (Lipinski definition) is 7. The SMILES string of the molecule is Cc1cc(C)c(C[C@H](NC(=O)[C@@H]2CCCN2C(=O)[C@H](Cc2ccc(O)cc2)NC(=O)OC(C)(C)C)C(=O)N[C@@H](Cc2ccccc2)C(N)=O)c(C)c1. The van der Waals surface area contributed by atoms with Crippen LogP contribution in [0.1, 0.15) is 67.0 Å². The monoisotopic (exact) mass is 713 g/mol. The van der Waals surface area contributed by atoms with Crippen molar-refractivity contribution in [1.82, 2.24) is 20.9 Å². The highest BCUT2D eigenvalue weighted by molar-refractivity contribution is 5.95. The Bertz CT molecular complexity index is 1730. The van der Waals surface area contributed by atoms with Crippen molar-refractivity contribution in [2.75, 3.05) is 6.54 Å². The van der Waals surface area contributed by atoms with Gasteiger partial charge in [-0.15, -0.1) is 0 Å². The molecule has 4 rings (SSSR count). The van der Waals surface area contributed by atoms with E-state index in [1.165, 1.54) is 17.0 Å². The molecule has 52 heavy (non-hydrogen) atoms. The van der Waals surface area contributed by atoms with E-state index in [9.17, 15) is 29.1 Å². The van der Waals surface area contributed by atoms with Gasteiger partial charge in [-0.3, -0.25) is 19.2 Å². The van der Waals surface area contributed by atoms with Gasteiger partial charge in [-0.25, -0.2) is 4.79 Å². The number of hydrogen-bond donors (Lipinski definition) is 5. The fourth-order valence-corrected chi connectivity index (χ4v) is 6.58. The van der Waals surface area contributed by atoms with E-state index in [4.69, 9.17) is 10.5 Å². The van der Waals surface area contributed by atoms with Gasteiger partial charge in [0.15, 0.2) is 0 Å². The number of amides is 5. The van der Waals surface area contributed by atoms with Gasteiger partial charge >= 0.3 is 6.09 Å². The highest BCUT2D eigenvalue weighted by Crippen LogP contribution is 2.23. The first-order valence-corrected chi connectivity index (χ1v) is 17.6. The van der Waals surface area contributed by atoms with E-state index in [2.05, 4.69) is 16.0 Å². The van der Waals surface area contributed by atoms with Crippen LogP contribution in [-0.4, -0.2) is 76.0 Å². The quantitative estimate of drug-likeness (QED) is 0.179. The summed E-state index contributed by atoms with van der Waals surface area (Å²) in [5, 5.41) is 18.1. The minimum absolute atomic E-state index is 0.0554. The molecule has 1 aliphatic heterocycles. The Morgan fingerprint density at radius 1 is 0.827 bits per heavy atom. The minimum Gasteiger partial charge on any atom is -0.508 e. The van der Waals surface area contributed by atoms with Crippen LogP contribution in [0.5, 0.6) is 5.75 Å². The van der Waals surface area contributed by atoms with Crippen molar-refractivity contribution in [3.05, 3.63) is 100 Å². The number of rotatable bonds is 13. The van der Waals surface area contributed by atoms with E-state index < -0.39 is 59.5 Å². The number of nitrogens with one attached hydrogen (secondary N) is 3. The molecule has 0 aromatic heterocycles. The summed E-state index contributed by atoms with van der Waals surface area (Å²) >= 11 is 0. The first-order chi connectivity index (χ1) is 24.5. The van der Waals surface area contributed by atoms with Crippen molar-refractivity contribution < 1.29 is 33.8 Å². The zero-order valence-corrected chi connectivity index (χ0v) is 30.8. The number of nitrogens with two attached hydrogens (primary N) is 1. The Labute approximate surface area is 305 Å². The van der Waals surface area contributed by atoms with Gasteiger partial charge in [0.1, 0.15) is 35.5 Å². The van der Waals surface area contributed by atoms with E-state index in [0.29, 0.717) is 18.4 Å². The molecule has 4 atom stereocenters. The van der Waals surface area contributed by atoms with Gasteiger partial charge in [-0.1, -0.05) is 60.2 Å². The van der Waals surface area contributed by atoms with Crippen molar-refractivity contribution in [3.8, 4) is 5.75 Å². The molecule has 0 aliphatic carbocycles. The van der Waals surface area contributed by atoms with Crippen molar-refractivity contribution in [3.63, 3.8) is 0 Å². The lowest BCUT2D eigenvalue weighted by atomic mass is 9.93. The number of carbonyl (C=O) groups excluding carboxylic acids is 5. The van der Waals surface area contributed by atoms with Crippen LogP contribution in [-0.2, 0) is 43.2 Å². The number of phenolic OH excluding ortho intramolecular Hbond substituents is 1. The molecule has 0 saturated carbocycles. The molecule has 0 spiro atoms. The van der Waals surface area contributed by atoms with Crippen molar-refractivity contribution in [2.45, 2.75) is 103 Å². The summed E-state index contributed by atoms with van der Waals surface area (Å²) in [6.07, 6.45) is 0.460. The molecular formula is C40H51N5O7. The number of benzene rings is 3. The van der Waals surface area contributed by atoms with Crippen LogP contribution in [0, 0.1) is 20.8 Å². The average molecular weight is 714 g/mol. The largest absolute Gasteiger partial charge is 0.508 e. The third-order valence-corrected chi connectivity index (χ3v) is 9.03. The second-order valence-electron chi connectivity index (χ2n) is 14.6. The Hall–Kier alpha value is -5.39. The number of aryl methyl sites for hydroxylation is 3. The van der Waals surface area contributed by atoms with Gasteiger partial charge in [-0.05, 0) is 94.3 Å². The molecule has 1 fully saturated rings. The zero-order chi connectivity index (χ0) is 38.2. The second-order valence-corrected chi connectivity index (χ2v) is 14.6. The number of ether oxygens (including phenoxy) is 1. The Morgan fingerprint density at radius 3 is 2.02 bits per heavy atom. The molecule has 278 valence electrons. The lowest BCUT2D eigenvalue weighted by Crippen LogP contribution is -2.58. The van der Waals surface area contributed by atoms with E-state index in [1.54, 1.807) is 32.9 Å². The van der Waals surface area contributed by atoms with Crippen LogP contribution >= 0.6 is 0 Å². The summed E-state index contributed by atoms with van der Waals surface area (Å²) in [6.45, 7) is 11.3. The van der Waals surface area contributed by atoms with Crippen LogP contribution in [0.4, 0.5) is 4.79 Å². The van der Waals surface area contributed by atoms with Crippen LogP contribution in [0.25, 0.3) is 0 Å². The highest BCUT2D eigenvalue weighted by Gasteiger charge is 2.40. The minimum atomic E-state index is -1.10. The maximum Gasteiger partial charge on any atom is 0.408 e. The number of nitrogens with zero attached hydrogens (tertiary/aromatic N) is 1. The number of alkyl carbamates (subject to hydrolysis) is 1. The Balaban J connectivity index is 1.59. The van der Waals surface area contributed by atoms with E-state index in [-0.39, 0.29) is 31.6 Å². The molecule has 0 radical (unpaired) electrons. The Kier molecular flexibility index (Phi) is 13.0. The van der Waals surface area contributed by atoms with Crippen molar-refractivity contribution in [1.29, 1.82) is 0 Å². The van der Waals surface area contributed by atoms with E-state index in [1.807, 2.05) is 63.2 Å². The first-order valence-electron chi connectivity index (χ1n) is 17.6. The van der Waals surface area contributed by atoms with Crippen molar-refractivity contribution in [2.24, 2.45) is 5.73 Å². The average Bonchev–Trinajstić information content (AvgIpc) is 3.56. The number of likely N-dealkylation sites (tertiary alicyclic amines) is 1. The maximum atomic E-state index is 14.2. The molecule has 12 nitrogen and oxygen atoms in total. The molecule has 1 saturated heterocycles. The van der Waals surface area contributed by atoms with E-state index in [0.717, 1.165) is 27.8 Å². The molecule has 0 bridgehead atoms. The summed E-state index contributed by atoms with van der Waals surface area (Å²) < 4.78 is 5.44. The fourth-order valence-electron chi connectivity index (χ4n) is 6.58. The summed E-state index contributed by atoms with van der Waals surface area (Å²) in [4.78, 5) is 69.1. The van der Waals surface area contributed by atoms with Gasteiger partial charge < -0.3 is 36.4 Å². The summed E-state index contributed by atoms with van der Waals surface area (Å²) in [5.41, 5.74) is 10.2. The molecule has 1 heterocycles. The summed E-state index contributed by atoms with van der Waals surface area (Å²) in [5.74, 6) is -2.26. The molecule has 3 aromatic rings. The summed E-state index contributed by atoms with van der Waals surface area (Å²) in [6, 6.07) is 15.3. The smallest absolute Gasteiger partial charge is 0.408 e. The fraction of sp³-hybridized carbons (Fsp3) is 0.425. The molecular weight excluding hydrogens is 662 g/mol. The van der Waals surface area contributed by atoms with E-state index >= 15 is 0 Å². The molecule has 12 heteroatoms. The van der Waals surface area contributed by atoms with Crippen LogP contribution in [0.3, 0.4) is 0 Å². The van der Waals surface area contributed by atoms with Crippen LogP contribution < -0.4 is 21.7 Å². The predicted octanol–water partition coefficient (Wildman–Crippen LogP) is 3.68. The standard InChI is InChI=1S/C40H51N5O7/c1-24-19-25(2)30(26(3)20-24)23-32(36(48)42-31(35(41)47)21-27-11-8-7-9-12-27)43-37(49)34-13-10-18-45(34)38(50)33(44-39(51)52-40(4,5)6)22-28-14-16-29(46)17-15-28/h7-9,11-12,14-17,19-20,31-34,46H,10,13,18,21-23H2,1-6H3,(H2,41,47)(H,42,48)(H,43,49)(H,44,51)/t31-,32-,33-,34-/m0/s1. The highest BCUT2D eigenvalue weighted by atomic mass is 16.6. The Morgan fingerprint density at radius 2 is 1.42 bits per heavy atom. The topological polar surface area (TPSA) is 180 Å². The second kappa shape index (κ2) is 17.2. The van der Waals surface area contributed by atoms with Gasteiger partial charge in [-0.2, -0.15) is 0 Å². The number of primary amides is 1. The molecule has 3 aromatic carbocycles. The van der Waals surface area contributed by atoms with Crippen molar-refractivity contribution >= 4 is 29.7 Å². The molecule has 6 N–H and O–H groups in total. The van der Waals surface area contributed by atoms with Gasteiger partial charge in [0.25, 0.3) is 0 Å². The number of carbonyl (C=O) groups is 5. The zero-order valence-electron chi connectivity index (χ0n) is 30.8. The molecule has 0 unspecified atom stereocenters. The van der Waals surface area contributed by atoms with Gasteiger partial charge in [0.2, 0.25) is 23.6 Å².